The molecular formula is C17H27F2NO. The molecule has 0 bridgehead atoms. The molecule has 0 saturated heterocycles. The molecule has 21 heavy (non-hydrogen) atoms. The van der Waals surface area contributed by atoms with Gasteiger partial charge in [-0.05, 0) is 38.8 Å². The number of rotatable bonds is 9. The molecule has 0 radical (unpaired) electrons. The van der Waals surface area contributed by atoms with E-state index in [1.807, 2.05) is 20.8 Å². The summed E-state index contributed by atoms with van der Waals surface area (Å²) < 4.78 is 33.4. The summed E-state index contributed by atoms with van der Waals surface area (Å²) in [6.45, 7) is 9.41. The number of halogens is 2. The van der Waals surface area contributed by atoms with E-state index in [0.717, 1.165) is 31.9 Å². The van der Waals surface area contributed by atoms with Gasteiger partial charge in [0.1, 0.15) is 11.6 Å². The Balaban J connectivity index is 3.24. The molecule has 2 nitrogen and oxygen atoms in total. The first kappa shape index (κ1) is 18.1. The fourth-order valence-corrected chi connectivity index (χ4v) is 2.84. The van der Waals surface area contributed by atoms with Crippen LogP contribution in [0, 0.1) is 11.6 Å². The highest BCUT2D eigenvalue weighted by Gasteiger charge is 2.38. The summed E-state index contributed by atoms with van der Waals surface area (Å²) in [6.07, 6.45) is 2.46. The van der Waals surface area contributed by atoms with Crippen LogP contribution in [0.2, 0.25) is 0 Å². The SMILES string of the molecule is CCCNC(c1ccc(F)cc1F)C(CC)(CC)OCC. The minimum absolute atomic E-state index is 0.284. The van der Waals surface area contributed by atoms with E-state index >= 15 is 0 Å². The predicted octanol–water partition coefficient (Wildman–Crippen LogP) is 4.60. The Morgan fingerprint density at radius 3 is 2.29 bits per heavy atom. The number of hydrogen-bond acceptors (Lipinski definition) is 2. The van der Waals surface area contributed by atoms with E-state index in [2.05, 4.69) is 12.2 Å². The summed E-state index contributed by atoms with van der Waals surface area (Å²) in [6, 6.07) is 3.49. The molecule has 0 spiro atoms. The van der Waals surface area contributed by atoms with Crippen LogP contribution >= 0.6 is 0 Å². The highest BCUT2D eigenvalue weighted by Crippen LogP contribution is 2.36. The second kappa shape index (κ2) is 8.44. The van der Waals surface area contributed by atoms with E-state index < -0.39 is 17.2 Å². The van der Waals surface area contributed by atoms with Crippen LogP contribution in [0.25, 0.3) is 0 Å². The third-order valence-electron chi connectivity index (χ3n) is 4.03. The summed E-state index contributed by atoms with van der Waals surface area (Å²) in [5.41, 5.74) is -0.00947. The molecule has 0 aliphatic heterocycles. The van der Waals surface area contributed by atoms with Gasteiger partial charge in [0.2, 0.25) is 0 Å². The van der Waals surface area contributed by atoms with Gasteiger partial charge in [-0.1, -0.05) is 26.8 Å². The molecule has 120 valence electrons. The maximum atomic E-state index is 14.2. The molecule has 1 aromatic rings. The highest BCUT2D eigenvalue weighted by molar-refractivity contribution is 5.25. The Labute approximate surface area is 126 Å². The van der Waals surface area contributed by atoms with E-state index in [-0.39, 0.29) is 6.04 Å². The first-order valence-corrected chi connectivity index (χ1v) is 7.86. The van der Waals surface area contributed by atoms with Crippen molar-refractivity contribution in [2.45, 2.75) is 58.6 Å². The van der Waals surface area contributed by atoms with Crippen LogP contribution < -0.4 is 5.32 Å². The fraction of sp³-hybridized carbons (Fsp3) is 0.647. The summed E-state index contributed by atoms with van der Waals surface area (Å²) in [5.74, 6) is -1.07. The molecule has 0 aliphatic rings. The van der Waals surface area contributed by atoms with Gasteiger partial charge < -0.3 is 10.1 Å². The Hall–Kier alpha value is -1.00. The van der Waals surface area contributed by atoms with E-state index in [0.29, 0.717) is 12.2 Å². The Morgan fingerprint density at radius 2 is 1.81 bits per heavy atom. The standard InChI is InChI=1S/C17H27F2NO/c1-5-11-20-16(17(6-2,7-3)21-8-4)14-10-9-13(18)12-15(14)19/h9-10,12,16,20H,5-8,11H2,1-4H3. The minimum Gasteiger partial charge on any atom is -0.373 e. The second-order valence-electron chi connectivity index (χ2n) is 5.26. The van der Waals surface area contributed by atoms with Crippen LogP contribution in [-0.2, 0) is 4.74 Å². The molecule has 0 fully saturated rings. The first-order valence-electron chi connectivity index (χ1n) is 7.86. The summed E-state index contributed by atoms with van der Waals surface area (Å²) in [4.78, 5) is 0. The zero-order chi connectivity index (χ0) is 15.9. The molecule has 0 saturated carbocycles. The third kappa shape index (κ3) is 4.24. The number of ether oxygens (including phenoxy) is 1. The molecule has 0 aliphatic carbocycles. The van der Waals surface area contributed by atoms with E-state index in [1.165, 1.54) is 12.1 Å². The largest absolute Gasteiger partial charge is 0.373 e. The molecule has 1 aromatic carbocycles. The summed E-state index contributed by atoms with van der Waals surface area (Å²) in [7, 11) is 0. The van der Waals surface area contributed by atoms with E-state index in [1.54, 1.807) is 0 Å². The highest BCUT2D eigenvalue weighted by atomic mass is 19.1. The second-order valence-corrected chi connectivity index (χ2v) is 5.26. The third-order valence-corrected chi connectivity index (χ3v) is 4.03. The van der Waals surface area contributed by atoms with Gasteiger partial charge in [0.05, 0.1) is 11.6 Å². The van der Waals surface area contributed by atoms with Crippen molar-refractivity contribution in [1.29, 1.82) is 0 Å². The van der Waals surface area contributed by atoms with Crippen LogP contribution in [0.3, 0.4) is 0 Å². The summed E-state index contributed by atoms with van der Waals surface area (Å²) >= 11 is 0. The molecule has 1 rings (SSSR count). The van der Waals surface area contributed by atoms with Gasteiger partial charge in [-0.2, -0.15) is 0 Å². The lowest BCUT2D eigenvalue weighted by molar-refractivity contribution is -0.0739. The normalized spacial score (nSPS) is 13.4. The van der Waals surface area contributed by atoms with Crippen molar-refractivity contribution < 1.29 is 13.5 Å². The van der Waals surface area contributed by atoms with Crippen molar-refractivity contribution in [3.63, 3.8) is 0 Å². The quantitative estimate of drug-likeness (QED) is 0.719. The molecule has 0 amide bonds. The average molecular weight is 299 g/mol. The van der Waals surface area contributed by atoms with Crippen LogP contribution in [0.5, 0.6) is 0 Å². The van der Waals surface area contributed by atoms with Crippen molar-refractivity contribution in [3.05, 3.63) is 35.4 Å². The summed E-state index contributed by atoms with van der Waals surface area (Å²) in [5, 5.41) is 3.39. The fourth-order valence-electron chi connectivity index (χ4n) is 2.84. The Bertz CT molecular complexity index is 433. The molecule has 1 N–H and O–H groups in total. The van der Waals surface area contributed by atoms with Gasteiger partial charge in [0, 0.05) is 18.2 Å². The topological polar surface area (TPSA) is 21.3 Å². The monoisotopic (exact) mass is 299 g/mol. The molecule has 4 heteroatoms. The Morgan fingerprint density at radius 1 is 1.14 bits per heavy atom. The van der Waals surface area contributed by atoms with Crippen molar-refractivity contribution in [2.24, 2.45) is 0 Å². The van der Waals surface area contributed by atoms with Gasteiger partial charge in [-0.3, -0.25) is 0 Å². The lowest BCUT2D eigenvalue weighted by Crippen LogP contribution is -2.46. The van der Waals surface area contributed by atoms with Gasteiger partial charge in [-0.15, -0.1) is 0 Å². The van der Waals surface area contributed by atoms with Crippen LogP contribution in [0.15, 0.2) is 18.2 Å². The lowest BCUT2D eigenvalue weighted by Gasteiger charge is -2.40. The van der Waals surface area contributed by atoms with Gasteiger partial charge in [-0.25, -0.2) is 8.78 Å². The van der Waals surface area contributed by atoms with Crippen molar-refractivity contribution >= 4 is 0 Å². The maximum Gasteiger partial charge on any atom is 0.131 e. The molecule has 1 unspecified atom stereocenters. The van der Waals surface area contributed by atoms with Crippen LogP contribution in [-0.4, -0.2) is 18.8 Å². The maximum absolute atomic E-state index is 14.2. The van der Waals surface area contributed by atoms with E-state index in [4.69, 9.17) is 4.74 Å². The molecule has 0 aromatic heterocycles. The number of hydrogen-bond donors (Lipinski definition) is 1. The Kier molecular flexibility index (Phi) is 7.26. The first-order chi connectivity index (χ1) is 10.0. The zero-order valence-corrected chi connectivity index (χ0v) is 13.5. The zero-order valence-electron chi connectivity index (χ0n) is 13.5. The predicted molar refractivity (Wildman–Crippen MR) is 82.3 cm³/mol. The molecule has 0 heterocycles. The van der Waals surface area contributed by atoms with Crippen LogP contribution in [0.4, 0.5) is 8.78 Å². The van der Waals surface area contributed by atoms with Gasteiger partial charge in [0.25, 0.3) is 0 Å². The number of nitrogens with one attached hydrogen (secondary N) is 1. The van der Waals surface area contributed by atoms with Gasteiger partial charge >= 0.3 is 0 Å². The molecule has 1 atom stereocenters. The minimum atomic E-state index is -0.555. The lowest BCUT2D eigenvalue weighted by atomic mass is 9.83. The smallest absolute Gasteiger partial charge is 0.131 e. The van der Waals surface area contributed by atoms with Gasteiger partial charge in [0.15, 0.2) is 0 Å². The van der Waals surface area contributed by atoms with E-state index in [9.17, 15) is 8.78 Å². The van der Waals surface area contributed by atoms with Crippen molar-refractivity contribution in [2.75, 3.05) is 13.2 Å². The average Bonchev–Trinajstić information content (AvgIpc) is 2.47. The number of benzene rings is 1. The van der Waals surface area contributed by atoms with Crippen molar-refractivity contribution in [3.8, 4) is 0 Å². The van der Waals surface area contributed by atoms with Crippen LogP contribution in [0.1, 0.15) is 58.6 Å². The van der Waals surface area contributed by atoms with Crippen molar-refractivity contribution in [1.82, 2.24) is 5.32 Å². The molecular weight excluding hydrogens is 272 g/mol.